The van der Waals surface area contributed by atoms with E-state index in [4.69, 9.17) is 9.47 Å². The Balaban J connectivity index is 1.81. The number of methoxy groups -OCH3 is 2. The number of rotatable bonds is 5. The lowest BCUT2D eigenvalue weighted by Crippen LogP contribution is -2.48. The molecule has 1 aliphatic heterocycles. The van der Waals surface area contributed by atoms with Crippen LogP contribution < -0.4 is 19.3 Å². The number of pyridine rings is 2. The van der Waals surface area contributed by atoms with Crippen molar-refractivity contribution in [3.05, 3.63) is 59.6 Å². The van der Waals surface area contributed by atoms with Gasteiger partial charge in [0, 0.05) is 41.8 Å². The summed E-state index contributed by atoms with van der Waals surface area (Å²) in [5.41, 5.74) is 3.09. The van der Waals surface area contributed by atoms with Crippen LogP contribution in [0.4, 0.5) is 25.0 Å². The number of nitrogens with zero attached hydrogens (tertiary/aromatic N) is 4. The number of anilines is 2. The molecule has 2 amide bonds. The highest BCUT2D eigenvalue weighted by Crippen LogP contribution is 2.41. The van der Waals surface area contributed by atoms with Crippen LogP contribution in [-0.2, 0) is 6.54 Å². The van der Waals surface area contributed by atoms with Gasteiger partial charge in [0.2, 0.25) is 0 Å². The Morgan fingerprint density at radius 2 is 1.72 bits per heavy atom. The van der Waals surface area contributed by atoms with Crippen LogP contribution in [-0.4, -0.2) is 36.8 Å². The van der Waals surface area contributed by atoms with Crippen molar-refractivity contribution in [3.63, 3.8) is 0 Å². The zero-order valence-corrected chi connectivity index (χ0v) is 18.1. The number of hydrogen-bond donors (Lipinski definition) is 0. The lowest BCUT2D eigenvalue weighted by atomic mass is 10.1. The van der Waals surface area contributed by atoms with Crippen molar-refractivity contribution >= 4 is 17.4 Å². The van der Waals surface area contributed by atoms with E-state index in [0.29, 0.717) is 23.5 Å². The molecule has 1 aromatic carbocycles. The average Bonchev–Trinajstić information content (AvgIpc) is 2.80. The summed E-state index contributed by atoms with van der Waals surface area (Å²) in [4.78, 5) is 24.6. The predicted molar refractivity (Wildman–Crippen MR) is 116 cm³/mol. The lowest BCUT2D eigenvalue weighted by Gasteiger charge is -2.37. The van der Waals surface area contributed by atoms with E-state index < -0.39 is 23.4 Å². The number of amides is 2. The SMILES string of the molecule is CCN1C(=O)N(c2c(F)c(OC)cc(OC)c2F)Cc2cnc(-c3ccc(C)nc3)cc21. The minimum absolute atomic E-state index is 0.0613. The highest BCUT2D eigenvalue weighted by Gasteiger charge is 2.36. The molecule has 2 aromatic heterocycles. The molecule has 9 heteroatoms. The third kappa shape index (κ3) is 3.49. The summed E-state index contributed by atoms with van der Waals surface area (Å²) in [7, 11) is 2.52. The van der Waals surface area contributed by atoms with Crippen molar-refractivity contribution in [1.29, 1.82) is 0 Å². The Labute approximate surface area is 184 Å². The van der Waals surface area contributed by atoms with Crippen molar-refractivity contribution in [2.75, 3.05) is 30.6 Å². The van der Waals surface area contributed by atoms with Crippen LogP contribution >= 0.6 is 0 Å². The second-order valence-electron chi connectivity index (χ2n) is 7.26. The summed E-state index contributed by atoms with van der Waals surface area (Å²) >= 11 is 0. The molecule has 32 heavy (non-hydrogen) atoms. The third-order valence-electron chi connectivity index (χ3n) is 5.39. The van der Waals surface area contributed by atoms with Gasteiger partial charge in [0.15, 0.2) is 23.1 Å². The quantitative estimate of drug-likeness (QED) is 0.575. The van der Waals surface area contributed by atoms with Gasteiger partial charge < -0.3 is 9.47 Å². The molecule has 0 fully saturated rings. The smallest absolute Gasteiger partial charge is 0.329 e. The van der Waals surface area contributed by atoms with E-state index in [1.54, 1.807) is 25.4 Å². The van der Waals surface area contributed by atoms with E-state index in [9.17, 15) is 4.79 Å². The van der Waals surface area contributed by atoms with Crippen molar-refractivity contribution in [3.8, 4) is 22.8 Å². The molecule has 0 atom stereocenters. The Bertz CT molecular complexity index is 1160. The van der Waals surface area contributed by atoms with Crippen molar-refractivity contribution < 1.29 is 23.0 Å². The number of carbonyl (C=O) groups is 1. The first-order chi connectivity index (χ1) is 15.4. The first kappa shape index (κ1) is 21.5. The topological polar surface area (TPSA) is 67.8 Å². The van der Waals surface area contributed by atoms with Crippen molar-refractivity contribution in [1.82, 2.24) is 9.97 Å². The fraction of sp³-hybridized carbons (Fsp3) is 0.261. The Kier molecular flexibility index (Phi) is 5.65. The van der Waals surface area contributed by atoms with E-state index in [1.807, 2.05) is 19.1 Å². The molecule has 0 saturated heterocycles. The van der Waals surface area contributed by atoms with Crippen LogP contribution in [0.25, 0.3) is 11.3 Å². The Morgan fingerprint density at radius 1 is 1.03 bits per heavy atom. The Hall–Kier alpha value is -3.75. The third-order valence-corrected chi connectivity index (χ3v) is 5.39. The van der Waals surface area contributed by atoms with Crippen LogP contribution in [0.15, 0.2) is 36.7 Å². The maximum Gasteiger partial charge on any atom is 0.329 e. The zero-order valence-electron chi connectivity index (χ0n) is 18.1. The first-order valence-electron chi connectivity index (χ1n) is 10.0. The molecule has 0 radical (unpaired) electrons. The molecule has 0 unspecified atom stereocenters. The minimum Gasteiger partial charge on any atom is -0.493 e. The number of carbonyl (C=O) groups excluding carboxylic acids is 1. The molecule has 3 heterocycles. The number of urea groups is 1. The van der Waals surface area contributed by atoms with E-state index in [-0.39, 0.29) is 18.0 Å². The average molecular weight is 440 g/mol. The van der Waals surface area contributed by atoms with Gasteiger partial charge in [-0.1, -0.05) is 0 Å². The summed E-state index contributed by atoms with van der Waals surface area (Å²) in [6, 6.07) is 6.11. The monoisotopic (exact) mass is 440 g/mol. The van der Waals surface area contributed by atoms with Gasteiger partial charge in [0.25, 0.3) is 0 Å². The van der Waals surface area contributed by atoms with E-state index in [0.717, 1.165) is 22.2 Å². The van der Waals surface area contributed by atoms with Gasteiger partial charge >= 0.3 is 6.03 Å². The summed E-state index contributed by atoms with van der Waals surface area (Å²) in [5.74, 6) is -2.40. The molecular formula is C23H22F2N4O3. The molecule has 0 aliphatic carbocycles. The number of benzene rings is 1. The summed E-state index contributed by atoms with van der Waals surface area (Å²) in [6.07, 6.45) is 3.32. The van der Waals surface area contributed by atoms with Crippen molar-refractivity contribution in [2.45, 2.75) is 20.4 Å². The number of aromatic nitrogens is 2. The minimum atomic E-state index is -0.978. The maximum absolute atomic E-state index is 15.1. The molecule has 0 spiro atoms. The van der Waals surface area contributed by atoms with Gasteiger partial charge in [-0.2, -0.15) is 0 Å². The number of halogens is 2. The molecule has 0 N–H and O–H groups in total. The molecule has 0 saturated carbocycles. The van der Waals surface area contributed by atoms with E-state index in [1.165, 1.54) is 19.1 Å². The maximum atomic E-state index is 15.1. The fourth-order valence-corrected chi connectivity index (χ4v) is 3.70. The Morgan fingerprint density at radius 3 is 2.28 bits per heavy atom. The number of hydrogen-bond acceptors (Lipinski definition) is 5. The second-order valence-corrected chi connectivity index (χ2v) is 7.26. The van der Waals surface area contributed by atoms with Gasteiger partial charge in [-0.05, 0) is 32.0 Å². The zero-order chi connectivity index (χ0) is 23.0. The van der Waals surface area contributed by atoms with Crippen LogP contribution in [0.5, 0.6) is 11.5 Å². The standard InChI is InChI=1S/C23H22F2N4O3/c1-5-28-17-8-16(14-7-6-13(2)26-10-14)27-11-15(17)12-29(23(28)30)22-20(24)18(31-3)9-19(32-4)21(22)25/h6-11H,5,12H2,1-4H3. The summed E-state index contributed by atoms with van der Waals surface area (Å²) < 4.78 is 40.2. The molecular weight excluding hydrogens is 418 g/mol. The van der Waals surface area contributed by atoms with Crippen LogP contribution in [0.3, 0.4) is 0 Å². The fourth-order valence-electron chi connectivity index (χ4n) is 3.70. The molecule has 4 rings (SSSR count). The van der Waals surface area contributed by atoms with Crippen molar-refractivity contribution in [2.24, 2.45) is 0 Å². The second kappa shape index (κ2) is 8.41. The van der Waals surface area contributed by atoms with Crippen LogP contribution in [0.1, 0.15) is 18.2 Å². The molecule has 3 aromatic rings. The van der Waals surface area contributed by atoms with Crippen LogP contribution in [0, 0.1) is 18.6 Å². The van der Waals surface area contributed by atoms with Gasteiger partial charge in [-0.15, -0.1) is 0 Å². The van der Waals surface area contributed by atoms with Gasteiger partial charge in [0.1, 0.15) is 5.69 Å². The predicted octanol–water partition coefficient (Wildman–Crippen LogP) is 4.71. The highest BCUT2D eigenvalue weighted by atomic mass is 19.1. The number of fused-ring (bicyclic) bond motifs is 1. The first-order valence-corrected chi connectivity index (χ1v) is 10.0. The normalized spacial score (nSPS) is 13.2. The summed E-state index contributed by atoms with van der Waals surface area (Å²) in [6.45, 7) is 3.91. The molecule has 0 bridgehead atoms. The molecule has 1 aliphatic rings. The van der Waals surface area contributed by atoms with Gasteiger partial charge in [-0.25, -0.2) is 13.6 Å². The van der Waals surface area contributed by atoms with Gasteiger partial charge in [0.05, 0.1) is 32.1 Å². The number of aryl methyl sites for hydroxylation is 1. The molecule has 7 nitrogen and oxygen atoms in total. The van der Waals surface area contributed by atoms with E-state index >= 15 is 8.78 Å². The molecule has 166 valence electrons. The highest BCUT2D eigenvalue weighted by molar-refractivity contribution is 6.06. The largest absolute Gasteiger partial charge is 0.493 e. The van der Waals surface area contributed by atoms with E-state index in [2.05, 4.69) is 9.97 Å². The summed E-state index contributed by atoms with van der Waals surface area (Å²) in [5, 5.41) is 0. The van der Waals surface area contributed by atoms with Crippen LogP contribution in [0.2, 0.25) is 0 Å². The lowest BCUT2D eigenvalue weighted by molar-refractivity contribution is 0.249. The van der Waals surface area contributed by atoms with Gasteiger partial charge in [-0.3, -0.25) is 19.8 Å². The number of ether oxygens (including phenoxy) is 2.